The van der Waals surface area contributed by atoms with Gasteiger partial charge in [-0.05, 0) is 35.6 Å². The molecule has 122 valence electrons. The molecule has 0 aliphatic rings. The van der Waals surface area contributed by atoms with Crippen LogP contribution in [-0.2, 0) is 5.60 Å². The van der Waals surface area contributed by atoms with Gasteiger partial charge in [-0.25, -0.2) is 0 Å². The predicted molar refractivity (Wildman–Crippen MR) is 98.1 cm³/mol. The molecule has 0 saturated carbocycles. The summed E-state index contributed by atoms with van der Waals surface area (Å²) in [7, 11) is 0. The molecule has 1 atom stereocenters. The highest BCUT2D eigenvalue weighted by molar-refractivity contribution is 7.10. The van der Waals surface area contributed by atoms with Crippen LogP contribution in [0.1, 0.15) is 22.2 Å². The third kappa shape index (κ3) is 3.55. The lowest BCUT2D eigenvalue weighted by Crippen LogP contribution is -2.38. The van der Waals surface area contributed by atoms with Crippen molar-refractivity contribution >= 4 is 17.2 Å². The fraction of sp³-hybridized carbons (Fsp3) is 0.150. The Kier molecular flexibility index (Phi) is 4.79. The molecule has 3 rings (SSSR count). The van der Waals surface area contributed by atoms with E-state index in [9.17, 15) is 9.90 Å². The first-order valence-electron chi connectivity index (χ1n) is 7.77. The Balaban J connectivity index is 1.79. The number of aliphatic hydroxyl groups is 1. The molecule has 1 heterocycles. The Labute approximate surface area is 145 Å². The second-order valence-electron chi connectivity index (χ2n) is 5.85. The van der Waals surface area contributed by atoms with Crippen LogP contribution in [0, 0.1) is 0 Å². The van der Waals surface area contributed by atoms with Crippen molar-refractivity contribution in [3.8, 4) is 11.1 Å². The molecule has 2 aromatic carbocycles. The van der Waals surface area contributed by atoms with Crippen LogP contribution < -0.4 is 5.32 Å². The molecule has 3 nitrogen and oxygen atoms in total. The van der Waals surface area contributed by atoms with Crippen LogP contribution in [0.5, 0.6) is 0 Å². The van der Waals surface area contributed by atoms with E-state index in [1.54, 1.807) is 13.0 Å². The highest BCUT2D eigenvalue weighted by Crippen LogP contribution is 2.26. The van der Waals surface area contributed by atoms with Crippen LogP contribution >= 0.6 is 11.3 Å². The minimum absolute atomic E-state index is 0.162. The Morgan fingerprint density at radius 1 is 1.04 bits per heavy atom. The Bertz CT molecular complexity index is 811. The normalized spacial score (nSPS) is 13.2. The molecule has 2 N–H and O–H groups in total. The second-order valence-corrected chi connectivity index (χ2v) is 6.79. The van der Waals surface area contributed by atoms with E-state index in [1.165, 1.54) is 11.3 Å². The van der Waals surface area contributed by atoms with Gasteiger partial charge in [-0.3, -0.25) is 4.79 Å². The number of benzene rings is 2. The molecule has 0 radical (unpaired) electrons. The highest BCUT2D eigenvalue weighted by atomic mass is 32.1. The van der Waals surface area contributed by atoms with Gasteiger partial charge in [0.1, 0.15) is 5.60 Å². The summed E-state index contributed by atoms with van der Waals surface area (Å²) in [4.78, 5) is 13.5. The number of nitrogens with one attached hydrogen (secondary N) is 1. The maximum atomic E-state index is 12.6. The molecule has 4 heteroatoms. The summed E-state index contributed by atoms with van der Waals surface area (Å²) in [6, 6.07) is 21.1. The molecule has 3 aromatic rings. The minimum Gasteiger partial charge on any atom is -0.383 e. The van der Waals surface area contributed by atoms with Gasteiger partial charge < -0.3 is 10.4 Å². The molecular formula is C20H19NO2S. The summed E-state index contributed by atoms with van der Waals surface area (Å²) in [5.74, 6) is -0.189. The zero-order valence-corrected chi connectivity index (χ0v) is 14.2. The van der Waals surface area contributed by atoms with E-state index in [0.29, 0.717) is 5.56 Å². The molecule has 1 amide bonds. The molecule has 0 spiro atoms. The van der Waals surface area contributed by atoms with Gasteiger partial charge in [0.2, 0.25) is 0 Å². The third-order valence-electron chi connectivity index (χ3n) is 3.90. The van der Waals surface area contributed by atoms with Gasteiger partial charge in [-0.1, -0.05) is 54.6 Å². The number of carbonyl (C=O) groups excluding carboxylic acids is 1. The van der Waals surface area contributed by atoms with Gasteiger partial charge >= 0.3 is 0 Å². The fourth-order valence-corrected chi connectivity index (χ4v) is 3.36. The van der Waals surface area contributed by atoms with Crippen LogP contribution in [0.15, 0.2) is 72.1 Å². The van der Waals surface area contributed by atoms with Crippen LogP contribution in [0.4, 0.5) is 0 Å². The molecule has 0 aliphatic heterocycles. The topological polar surface area (TPSA) is 49.3 Å². The van der Waals surface area contributed by atoms with E-state index < -0.39 is 5.60 Å². The van der Waals surface area contributed by atoms with Crippen molar-refractivity contribution in [2.75, 3.05) is 6.54 Å². The van der Waals surface area contributed by atoms with Crippen LogP contribution in [0.3, 0.4) is 0 Å². The average molecular weight is 337 g/mol. The average Bonchev–Trinajstić information content (AvgIpc) is 3.16. The first-order chi connectivity index (χ1) is 11.6. The van der Waals surface area contributed by atoms with Gasteiger partial charge in [0, 0.05) is 10.4 Å². The van der Waals surface area contributed by atoms with E-state index in [4.69, 9.17) is 0 Å². The number of hydrogen-bond donors (Lipinski definition) is 2. The minimum atomic E-state index is -1.08. The third-order valence-corrected chi connectivity index (χ3v) is 5.02. The molecular weight excluding hydrogens is 318 g/mol. The number of thiophene rings is 1. The molecule has 0 saturated heterocycles. The standard InChI is InChI=1S/C20H19NO2S/c1-20(23,18-12-7-13-24-18)14-21-19(22)17-11-6-5-10-16(17)15-8-3-2-4-9-15/h2-13,23H,14H2,1H3,(H,21,22). The Hall–Kier alpha value is -2.43. The summed E-state index contributed by atoms with van der Waals surface area (Å²) in [6.45, 7) is 1.87. The molecule has 1 unspecified atom stereocenters. The van der Waals surface area contributed by atoms with Crippen molar-refractivity contribution in [3.05, 3.63) is 82.6 Å². The Morgan fingerprint density at radius 2 is 1.75 bits per heavy atom. The summed E-state index contributed by atoms with van der Waals surface area (Å²) in [6.07, 6.45) is 0. The van der Waals surface area contributed by atoms with Crippen molar-refractivity contribution < 1.29 is 9.90 Å². The first kappa shape index (κ1) is 16.4. The first-order valence-corrected chi connectivity index (χ1v) is 8.65. The van der Waals surface area contributed by atoms with Crippen molar-refractivity contribution in [2.24, 2.45) is 0 Å². The monoisotopic (exact) mass is 337 g/mol. The molecule has 0 bridgehead atoms. The smallest absolute Gasteiger partial charge is 0.252 e. The maximum absolute atomic E-state index is 12.6. The van der Waals surface area contributed by atoms with Gasteiger partial charge in [-0.2, -0.15) is 0 Å². The quantitative estimate of drug-likeness (QED) is 0.738. The summed E-state index contributed by atoms with van der Waals surface area (Å²) in [5.41, 5.74) is 1.40. The van der Waals surface area contributed by atoms with Crippen molar-refractivity contribution in [1.82, 2.24) is 5.32 Å². The van der Waals surface area contributed by atoms with Gasteiger partial charge in [-0.15, -0.1) is 11.3 Å². The summed E-state index contributed by atoms with van der Waals surface area (Å²) in [5, 5.41) is 15.3. The largest absolute Gasteiger partial charge is 0.383 e. The number of hydrogen-bond acceptors (Lipinski definition) is 3. The van der Waals surface area contributed by atoms with Crippen LogP contribution in [-0.4, -0.2) is 17.6 Å². The van der Waals surface area contributed by atoms with Gasteiger partial charge in [0.15, 0.2) is 0 Å². The fourth-order valence-electron chi connectivity index (χ4n) is 2.57. The second kappa shape index (κ2) is 6.99. The predicted octanol–water partition coefficient (Wildman–Crippen LogP) is 4.05. The number of amides is 1. The SMILES string of the molecule is CC(O)(CNC(=O)c1ccccc1-c1ccccc1)c1cccs1. The Morgan fingerprint density at radius 3 is 2.46 bits per heavy atom. The van der Waals surface area contributed by atoms with Gasteiger partial charge in [0.05, 0.1) is 6.54 Å². The van der Waals surface area contributed by atoms with E-state index in [1.807, 2.05) is 66.0 Å². The van der Waals surface area contributed by atoms with Crippen LogP contribution in [0.25, 0.3) is 11.1 Å². The lowest BCUT2D eigenvalue weighted by molar-refractivity contribution is 0.0557. The zero-order valence-electron chi connectivity index (χ0n) is 13.4. The van der Waals surface area contributed by atoms with E-state index in [0.717, 1.165) is 16.0 Å². The van der Waals surface area contributed by atoms with E-state index in [2.05, 4.69) is 5.32 Å². The molecule has 0 fully saturated rings. The maximum Gasteiger partial charge on any atom is 0.252 e. The number of rotatable bonds is 5. The van der Waals surface area contributed by atoms with Crippen LogP contribution in [0.2, 0.25) is 0 Å². The lowest BCUT2D eigenvalue weighted by Gasteiger charge is -2.22. The summed E-state index contributed by atoms with van der Waals surface area (Å²) >= 11 is 1.48. The van der Waals surface area contributed by atoms with E-state index in [-0.39, 0.29) is 12.5 Å². The van der Waals surface area contributed by atoms with Crippen molar-refractivity contribution in [1.29, 1.82) is 0 Å². The summed E-state index contributed by atoms with van der Waals surface area (Å²) < 4.78 is 0. The highest BCUT2D eigenvalue weighted by Gasteiger charge is 2.25. The number of carbonyl (C=O) groups is 1. The molecule has 1 aromatic heterocycles. The molecule has 0 aliphatic carbocycles. The van der Waals surface area contributed by atoms with E-state index >= 15 is 0 Å². The van der Waals surface area contributed by atoms with Gasteiger partial charge in [0.25, 0.3) is 5.91 Å². The van der Waals surface area contributed by atoms with Crippen molar-refractivity contribution in [2.45, 2.75) is 12.5 Å². The lowest BCUT2D eigenvalue weighted by atomic mass is 9.99. The van der Waals surface area contributed by atoms with Crippen molar-refractivity contribution in [3.63, 3.8) is 0 Å². The molecule has 24 heavy (non-hydrogen) atoms. The zero-order chi connectivity index (χ0) is 17.0.